The molecule has 6 heteroatoms. The van der Waals surface area contributed by atoms with Gasteiger partial charge in [0.15, 0.2) is 0 Å². The predicted octanol–water partition coefficient (Wildman–Crippen LogP) is 0.889. The lowest BCUT2D eigenvalue weighted by Crippen LogP contribution is -2.09. The van der Waals surface area contributed by atoms with Crippen molar-refractivity contribution in [3.8, 4) is 5.75 Å². The van der Waals surface area contributed by atoms with E-state index in [2.05, 4.69) is 5.43 Å². The molecule has 0 spiro atoms. The van der Waals surface area contributed by atoms with Gasteiger partial charge in [0.05, 0.1) is 12.0 Å². The summed E-state index contributed by atoms with van der Waals surface area (Å²) in [4.78, 5) is 9.93. The summed E-state index contributed by atoms with van der Waals surface area (Å²) < 4.78 is 4.87. The van der Waals surface area contributed by atoms with Crippen LogP contribution in [-0.4, -0.2) is 12.0 Å². The molecule has 0 bridgehead atoms. The molecule has 0 saturated carbocycles. The average molecular weight is 183 g/mol. The number of nitrogen functional groups attached to an aromatic ring is 1. The second kappa shape index (κ2) is 3.72. The lowest BCUT2D eigenvalue weighted by Gasteiger charge is -2.03. The van der Waals surface area contributed by atoms with Crippen LogP contribution in [0.25, 0.3) is 0 Å². The summed E-state index contributed by atoms with van der Waals surface area (Å²) in [5, 5.41) is 10.4. The van der Waals surface area contributed by atoms with E-state index in [-0.39, 0.29) is 11.4 Å². The summed E-state index contributed by atoms with van der Waals surface area (Å²) in [5.41, 5.74) is 2.38. The molecule has 0 aliphatic rings. The van der Waals surface area contributed by atoms with Crippen LogP contribution in [0.1, 0.15) is 0 Å². The smallest absolute Gasteiger partial charge is 0.293 e. The maximum Gasteiger partial charge on any atom is 0.293 e. The van der Waals surface area contributed by atoms with Crippen LogP contribution in [0.4, 0.5) is 11.4 Å². The number of benzene rings is 1. The second-order valence-corrected chi connectivity index (χ2v) is 2.28. The zero-order valence-corrected chi connectivity index (χ0v) is 6.98. The first-order valence-corrected chi connectivity index (χ1v) is 3.48. The SMILES string of the molecule is COc1ccc([N+](=O)[O-])c(NN)c1. The van der Waals surface area contributed by atoms with Gasteiger partial charge in [-0.15, -0.1) is 0 Å². The molecule has 1 rings (SSSR count). The zero-order valence-electron chi connectivity index (χ0n) is 6.98. The summed E-state index contributed by atoms with van der Waals surface area (Å²) >= 11 is 0. The Balaban J connectivity index is 3.15. The number of ether oxygens (including phenoxy) is 1. The largest absolute Gasteiger partial charge is 0.497 e. The average Bonchev–Trinajstić information content (AvgIpc) is 2.16. The molecule has 0 unspecified atom stereocenters. The summed E-state index contributed by atoms with van der Waals surface area (Å²) in [5.74, 6) is 5.61. The molecule has 0 saturated heterocycles. The normalized spacial score (nSPS) is 9.38. The van der Waals surface area contributed by atoms with E-state index in [1.807, 2.05) is 0 Å². The van der Waals surface area contributed by atoms with Crippen molar-refractivity contribution in [2.75, 3.05) is 12.5 Å². The number of rotatable bonds is 3. The lowest BCUT2D eigenvalue weighted by atomic mass is 10.2. The zero-order chi connectivity index (χ0) is 9.84. The summed E-state index contributed by atoms with van der Waals surface area (Å²) in [6, 6.07) is 4.28. The maximum absolute atomic E-state index is 10.4. The van der Waals surface area contributed by atoms with Gasteiger partial charge in [0.1, 0.15) is 11.4 Å². The number of hydrazine groups is 1. The Morgan fingerprint density at radius 2 is 2.31 bits per heavy atom. The molecular formula is C7H9N3O3. The van der Waals surface area contributed by atoms with Crippen molar-refractivity contribution in [3.05, 3.63) is 28.3 Å². The van der Waals surface area contributed by atoms with E-state index in [9.17, 15) is 10.1 Å². The van der Waals surface area contributed by atoms with Gasteiger partial charge < -0.3 is 10.2 Å². The number of nitrogens with two attached hydrogens (primary N) is 1. The molecule has 1 aromatic rings. The number of nitro groups is 1. The highest BCUT2D eigenvalue weighted by Gasteiger charge is 2.12. The third-order valence-corrected chi connectivity index (χ3v) is 1.56. The highest BCUT2D eigenvalue weighted by atomic mass is 16.6. The van der Waals surface area contributed by atoms with Crippen LogP contribution >= 0.6 is 0 Å². The van der Waals surface area contributed by atoms with Crippen LogP contribution in [0.2, 0.25) is 0 Å². The number of hydrogen-bond donors (Lipinski definition) is 2. The fourth-order valence-corrected chi connectivity index (χ4v) is 0.917. The third-order valence-electron chi connectivity index (χ3n) is 1.56. The van der Waals surface area contributed by atoms with Crippen molar-refractivity contribution in [1.82, 2.24) is 0 Å². The molecule has 0 amide bonds. The molecule has 0 fully saturated rings. The van der Waals surface area contributed by atoms with Crippen LogP contribution in [0, 0.1) is 10.1 Å². The molecule has 0 radical (unpaired) electrons. The minimum Gasteiger partial charge on any atom is -0.497 e. The number of nitro benzene ring substituents is 1. The number of anilines is 1. The first-order chi connectivity index (χ1) is 6.19. The number of methoxy groups -OCH3 is 1. The topological polar surface area (TPSA) is 90.4 Å². The predicted molar refractivity (Wildman–Crippen MR) is 47.5 cm³/mol. The van der Waals surface area contributed by atoms with Crippen LogP contribution in [0.5, 0.6) is 5.75 Å². The second-order valence-electron chi connectivity index (χ2n) is 2.28. The standard InChI is InChI=1S/C7H9N3O3/c1-13-5-2-3-7(10(11)12)6(4-5)9-8/h2-4,9H,8H2,1H3. The van der Waals surface area contributed by atoms with Gasteiger partial charge >= 0.3 is 0 Å². The highest BCUT2D eigenvalue weighted by Crippen LogP contribution is 2.27. The van der Waals surface area contributed by atoms with Crippen molar-refractivity contribution in [3.63, 3.8) is 0 Å². The van der Waals surface area contributed by atoms with Gasteiger partial charge in [0.25, 0.3) is 5.69 Å². The quantitative estimate of drug-likeness (QED) is 0.412. The highest BCUT2D eigenvalue weighted by molar-refractivity contribution is 5.63. The first-order valence-electron chi connectivity index (χ1n) is 3.48. The Morgan fingerprint density at radius 3 is 2.77 bits per heavy atom. The summed E-state index contributed by atoms with van der Waals surface area (Å²) in [6.07, 6.45) is 0. The molecular weight excluding hydrogens is 174 g/mol. The van der Waals surface area contributed by atoms with Crippen molar-refractivity contribution in [2.45, 2.75) is 0 Å². The Labute approximate surface area is 74.4 Å². The number of nitrogens with one attached hydrogen (secondary N) is 1. The van der Waals surface area contributed by atoms with Gasteiger partial charge in [-0.05, 0) is 6.07 Å². The molecule has 0 aliphatic heterocycles. The van der Waals surface area contributed by atoms with Gasteiger partial charge in [-0.3, -0.25) is 16.0 Å². The molecule has 70 valence electrons. The van der Waals surface area contributed by atoms with E-state index in [0.29, 0.717) is 5.75 Å². The van der Waals surface area contributed by atoms with Crippen LogP contribution in [0.15, 0.2) is 18.2 Å². The van der Waals surface area contributed by atoms with Crippen LogP contribution < -0.4 is 16.0 Å². The van der Waals surface area contributed by atoms with Gasteiger partial charge in [0.2, 0.25) is 0 Å². The van der Waals surface area contributed by atoms with Crippen molar-refractivity contribution in [2.24, 2.45) is 5.84 Å². The first kappa shape index (κ1) is 9.27. The molecule has 0 aliphatic carbocycles. The van der Waals surface area contributed by atoms with E-state index in [1.165, 1.54) is 25.3 Å². The minimum atomic E-state index is -0.519. The van der Waals surface area contributed by atoms with E-state index >= 15 is 0 Å². The third kappa shape index (κ3) is 1.85. The van der Waals surface area contributed by atoms with Crippen molar-refractivity contribution in [1.29, 1.82) is 0 Å². The van der Waals surface area contributed by atoms with E-state index in [0.717, 1.165) is 0 Å². The van der Waals surface area contributed by atoms with Gasteiger partial charge in [0, 0.05) is 12.1 Å². The number of nitrogens with zero attached hydrogens (tertiary/aromatic N) is 1. The molecule has 0 heterocycles. The fourth-order valence-electron chi connectivity index (χ4n) is 0.917. The van der Waals surface area contributed by atoms with Gasteiger partial charge in [-0.1, -0.05) is 0 Å². The van der Waals surface area contributed by atoms with E-state index in [4.69, 9.17) is 10.6 Å². The Kier molecular flexibility index (Phi) is 2.65. The van der Waals surface area contributed by atoms with Crippen molar-refractivity contribution >= 4 is 11.4 Å². The van der Waals surface area contributed by atoms with Crippen LogP contribution in [0.3, 0.4) is 0 Å². The monoisotopic (exact) mass is 183 g/mol. The van der Waals surface area contributed by atoms with Gasteiger partial charge in [-0.25, -0.2) is 0 Å². The Bertz CT molecular complexity index is 327. The fraction of sp³-hybridized carbons (Fsp3) is 0.143. The Hall–Kier alpha value is -1.82. The number of hydrogen-bond acceptors (Lipinski definition) is 5. The lowest BCUT2D eigenvalue weighted by molar-refractivity contribution is -0.384. The van der Waals surface area contributed by atoms with E-state index in [1.54, 1.807) is 0 Å². The molecule has 0 aromatic heterocycles. The van der Waals surface area contributed by atoms with Crippen LogP contribution in [-0.2, 0) is 0 Å². The molecule has 6 nitrogen and oxygen atoms in total. The Morgan fingerprint density at radius 1 is 1.62 bits per heavy atom. The molecule has 3 N–H and O–H groups in total. The molecule has 1 aromatic carbocycles. The van der Waals surface area contributed by atoms with Crippen molar-refractivity contribution < 1.29 is 9.66 Å². The van der Waals surface area contributed by atoms with E-state index < -0.39 is 4.92 Å². The molecule has 13 heavy (non-hydrogen) atoms. The summed E-state index contributed by atoms with van der Waals surface area (Å²) in [6.45, 7) is 0. The van der Waals surface area contributed by atoms with Gasteiger partial charge in [-0.2, -0.15) is 0 Å². The minimum absolute atomic E-state index is 0.0803. The molecule has 0 atom stereocenters. The maximum atomic E-state index is 10.4. The summed E-state index contributed by atoms with van der Waals surface area (Å²) in [7, 11) is 1.47.